The summed E-state index contributed by atoms with van der Waals surface area (Å²) in [6, 6.07) is 22.3. The highest BCUT2D eigenvalue weighted by molar-refractivity contribution is 7.89. The van der Waals surface area contributed by atoms with E-state index in [1.165, 1.54) is 6.42 Å². The molecule has 1 saturated carbocycles. The van der Waals surface area contributed by atoms with Crippen molar-refractivity contribution in [1.82, 2.24) is 10.0 Å². The topological polar surface area (TPSA) is 114 Å². The van der Waals surface area contributed by atoms with Crippen LogP contribution in [0.25, 0.3) is 11.1 Å². The molecule has 39 heavy (non-hydrogen) atoms. The predicted octanol–water partition coefficient (Wildman–Crippen LogP) is 4.46. The van der Waals surface area contributed by atoms with Crippen molar-refractivity contribution >= 4 is 15.9 Å². The molecule has 1 aliphatic rings. The third-order valence-electron chi connectivity index (χ3n) is 6.61. The third kappa shape index (κ3) is 8.81. The van der Waals surface area contributed by atoms with Crippen LogP contribution in [0.5, 0.6) is 11.5 Å². The number of rotatable bonds is 12. The normalized spacial score (nSPS) is 14.9. The second kappa shape index (κ2) is 13.6. The summed E-state index contributed by atoms with van der Waals surface area (Å²) < 4.78 is 37.4. The summed E-state index contributed by atoms with van der Waals surface area (Å²) in [5, 5.41) is 13.4. The number of nitrogens with one attached hydrogen (secondary N) is 2. The highest BCUT2D eigenvalue weighted by atomic mass is 32.2. The maximum atomic E-state index is 12.7. The van der Waals surface area contributed by atoms with Gasteiger partial charge in [0.2, 0.25) is 10.0 Å². The molecule has 9 heteroatoms. The van der Waals surface area contributed by atoms with Crippen LogP contribution in [0.4, 0.5) is 0 Å². The molecule has 1 atom stereocenters. The van der Waals surface area contributed by atoms with E-state index in [-0.39, 0.29) is 11.7 Å². The van der Waals surface area contributed by atoms with E-state index in [2.05, 4.69) is 5.32 Å². The quantitative estimate of drug-likeness (QED) is 0.284. The molecule has 0 heterocycles. The van der Waals surface area contributed by atoms with Crippen molar-refractivity contribution < 1.29 is 27.8 Å². The molecule has 1 fully saturated rings. The maximum absolute atomic E-state index is 12.7. The van der Waals surface area contributed by atoms with Gasteiger partial charge >= 0.3 is 0 Å². The number of hydrogen-bond donors (Lipinski definition) is 3. The average molecular weight is 553 g/mol. The molecule has 1 aliphatic carbocycles. The predicted molar refractivity (Wildman–Crippen MR) is 151 cm³/mol. The first-order valence-electron chi connectivity index (χ1n) is 13.3. The Morgan fingerprint density at radius 2 is 1.67 bits per heavy atom. The molecular formula is C30H36N2O6S. The minimum absolute atomic E-state index is 0.00280. The van der Waals surface area contributed by atoms with Crippen molar-refractivity contribution in [2.24, 2.45) is 0 Å². The van der Waals surface area contributed by atoms with Crippen molar-refractivity contribution in [1.29, 1.82) is 0 Å². The molecule has 8 nitrogen and oxygen atoms in total. The van der Waals surface area contributed by atoms with Crippen molar-refractivity contribution in [3.05, 3.63) is 83.9 Å². The fraction of sp³-hybridized carbons (Fsp3) is 0.367. The standard InChI is InChI=1S/C30H36N2O6S/c1-39(35,36)32-30(34)27-17-14-24(20-29(27)38-26-10-6-3-7-11-26)22-12-15-25(16-13-22)37-19-18-31-21-28(33)23-8-4-2-5-9-23/h2,4-5,8-9,12-17,20,26,28,31,33H,3,6-7,10-11,18-19,21H2,1H3,(H,32,34)/t28-/m0/s1. The third-order valence-corrected chi connectivity index (χ3v) is 7.16. The lowest BCUT2D eigenvalue weighted by Gasteiger charge is -2.24. The van der Waals surface area contributed by atoms with Gasteiger partial charge in [0, 0.05) is 13.1 Å². The maximum Gasteiger partial charge on any atom is 0.268 e. The number of benzene rings is 3. The van der Waals surface area contributed by atoms with Gasteiger partial charge in [-0.1, -0.05) is 55.0 Å². The van der Waals surface area contributed by atoms with Crippen LogP contribution in [0.3, 0.4) is 0 Å². The molecule has 0 unspecified atom stereocenters. The molecule has 4 rings (SSSR count). The van der Waals surface area contributed by atoms with Gasteiger partial charge in [0.15, 0.2) is 0 Å². The van der Waals surface area contributed by atoms with Gasteiger partial charge in [0.1, 0.15) is 18.1 Å². The number of aliphatic hydroxyl groups is 1. The number of aliphatic hydroxyl groups excluding tert-OH is 1. The minimum atomic E-state index is -3.70. The SMILES string of the molecule is CS(=O)(=O)NC(=O)c1ccc(-c2ccc(OCCNC[C@H](O)c3ccccc3)cc2)cc1OC1CCCCC1. The number of sulfonamides is 1. The fourth-order valence-corrected chi connectivity index (χ4v) is 5.04. The lowest BCUT2D eigenvalue weighted by Crippen LogP contribution is -2.30. The average Bonchev–Trinajstić information content (AvgIpc) is 2.93. The number of hydrogen-bond acceptors (Lipinski definition) is 7. The zero-order valence-corrected chi connectivity index (χ0v) is 23.0. The summed E-state index contributed by atoms with van der Waals surface area (Å²) in [5.41, 5.74) is 2.83. The van der Waals surface area contributed by atoms with E-state index in [4.69, 9.17) is 9.47 Å². The van der Waals surface area contributed by atoms with E-state index >= 15 is 0 Å². The number of ether oxygens (including phenoxy) is 2. The van der Waals surface area contributed by atoms with Crippen molar-refractivity contribution in [2.75, 3.05) is 26.0 Å². The smallest absolute Gasteiger partial charge is 0.268 e. The zero-order chi connectivity index (χ0) is 27.7. The molecule has 3 aromatic carbocycles. The van der Waals surface area contributed by atoms with Crippen LogP contribution >= 0.6 is 0 Å². The van der Waals surface area contributed by atoms with Crippen LogP contribution < -0.4 is 19.5 Å². The Labute approximate surface area is 230 Å². The van der Waals surface area contributed by atoms with Crippen LogP contribution in [0, 0.1) is 0 Å². The van der Waals surface area contributed by atoms with Crippen LogP contribution in [0.2, 0.25) is 0 Å². The molecular weight excluding hydrogens is 516 g/mol. The van der Waals surface area contributed by atoms with E-state index in [1.807, 2.05) is 59.3 Å². The van der Waals surface area contributed by atoms with Gasteiger partial charge in [-0.15, -0.1) is 0 Å². The largest absolute Gasteiger partial charge is 0.492 e. The highest BCUT2D eigenvalue weighted by Crippen LogP contribution is 2.32. The van der Waals surface area contributed by atoms with Gasteiger partial charge < -0.3 is 19.9 Å². The van der Waals surface area contributed by atoms with Crippen molar-refractivity contribution in [3.8, 4) is 22.6 Å². The number of carbonyl (C=O) groups is 1. The van der Waals surface area contributed by atoms with E-state index in [0.717, 1.165) is 48.6 Å². The van der Waals surface area contributed by atoms with Gasteiger partial charge in [-0.3, -0.25) is 4.79 Å². The van der Waals surface area contributed by atoms with E-state index < -0.39 is 22.0 Å². The molecule has 0 aliphatic heterocycles. The Bertz CT molecular complexity index is 1320. The van der Waals surface area contributed by atoms with Gasteiger partial charge in [-0.2, -0.15) is 0 Å². The molecule has 3 N–H and O–H groups in total. The van der Waals surface area contributed by atoms with E-state index in [0.29, 0.717) is 31.2 Å². The fourth-order valence-electron chi connectivity index (χ4n) is 4.59. The van der Waals surface area contributed by atoms with Crippen LogP contribution in [-0.4, -0.2) is 51.5 Å². The second-order valence-electron chi connectivity index (χ2n) is 9.80. The molecule has 208 valence electrons. The Kier molecular flexibility index (Phi) is 9.97. The lowest BCUT2D eigenvalue weighted by atomic mass is 9.97. The number of amides is 1. The van der Waals surface area contributed by atoms with Gasteiger partial charge in [-0.05, 0) is 66.6 Å². The summed E-state index contributed by atoms with van der Waals surface area (Å²) in [5.74, 6) is 0.389. The van der Waals surface area contributed by atoms with Gasteiger partial charge in [0.05, 0.1) is 24.0 Å². The molecule has 3 aromatic rings. The second-order valence-corrected chi connectivity index (χ2v) is 11.5. The molecule has 0 aromatic heterocycles. The Hall–Kier alpha value is -3.40. The first kappa shape index (κ1) is 28.6. The summed E-state index contributed by atoms with van der Waals surface area (Å²) in [6.45, 7) is 1.48. The van der Waals surface area contributed by atoms with E-state index in [1.54, 1.807) is 18.2 Å². The molecule has 0 bridgehead atoms. The van der Waals surface area contributed by atoms with Crippen LogP contribution in [0.15, 0.2) is 72.8 Å². The first-order valence-corrected chi connectivity index (χ1v) is 15.2. The Morgan fingerprint density at radius 3 is 2.36 bits per heavy atom. The Morgan fingerprint density at radius 1 is 0.974 bits per heavy atom. The number of carbonyl (C=O) groups excluding carboxylic acids is 1. The molecule has 1 amide bonds. The first-order chi connectivity index (χ1) is 18.8. The molecule has 0 radical (unpaired) electrons. The molecule has 0 spiro atoms. The van der Waals surface area contributed by atoms with Gasteiger partial charge in [-0.25, -0.2) is 13.1 Å². The highest BCUT2D eigenvalue weighted by Gasteiger charge is 2.21. The monoisotopic (exact) mass is 552 g/mol. The summed E-state index contributed by atoms with van der Waals surface area (Å²) in [7, 11) is -3.70. The van der Waals surface area contributed by atoms with Crippen molar-refractivity contribution in [3.63, 3.8) is 0 Å². The lowest BCUT2D eigenvalue weighted by molar-refractivity contribution is 0.0969. The molecule has 0 saturated heterocycles. The summed E-state index contributed by atoms with van der Waals surface area (Å²) in [4.78, 5) is 12.7. The van der Waals surface area contributed by atoms with Crippen LogP contribution in [0.1, 0.15) is 54.1 Å². The Balaban J connectivity index is 1.37. The summed E-state index contributed by atoms with van der Waals surface area (Å²) >= 11 is 0. The van der Waals surface area contributed by atoms with E-state index in [9.17, 15) is 18.3 Å². The van der Waals surface area contributed by atoms with Gasteiger partial charge in [0.25, 0.3) is 5.91 Å². The van der Waals surface area contributed by atoms with Crippen LogP contribution in [-0.2, 0) is 10.0 Å². The summed E-state index contributed by atoms with van der Waals surface area (Å²) in [6.07, 6.45) is 5.50. The zero-order valence-electron chi connectivity index (χ0n) is 22.1. The minimum Gasteiger partial charge on any atom is -0.492 e. The van der Waals surface area contributed by atoms with Crippen molar-refractivity contribution in [2.45, 2.75) is 44.3 Å².